The molecule has 2 aromatic carbocycles. The quantitative estimate of drug-likeness (QED) is 0.380. The molecule has 1 N–H and O–H groups in total. The van der Waals surface area contributed by atoms with Crippen molar-refractivity contribution in [1.82, 2.24) is 4.72 Å². The number of rotatable bonds is 12. The van der Waals surface area contributed by atoms with Crippen LogP contribution in [0.3, 0.4) is 0 Å². The second kappa shape index (κ2) is 11.8. The second-order valence-electron chi connectivity index (χ2n) is 7.54. The van der Waals surface area contributed by atoms with Gasteiger partial charge in [0.05, 0.1) is 0 Å². The molecule has 0 radical (unpaired) electrons. The lowest BCUT2D eigenvalue weighted by atomic mass is 10.0. The topological polar surface area (TPSA) is 82.4 Å². The fourth-order valence-corrected chi connectivity index (χ4v) is 4.74. The molecule has 0 aliphatic heterocycles. The predicted molar refractivity (Wildman–Crippen MR) is 128 cm³/mol. The molecule has 168 valence electrons. The first-order valence-corrected chi connectivity index (χ1v) is 12.2. The summed E-state index contributed by atoms with van der Waals surface area (Å²) in [6.45, 7) is 8.73. The number of sulfonamides is 1. The molecule has 0 aliphatic carbocycles. The van der Waals surface area contributed by atoms with Gasteiger partial charge in [-0.1, -0.05) is 32.0 Å². The Bertz CT molecular complexity index is 1050. The number of benzene rings is 2. The van der Waals surface area contributed by atoms with Crippen molar-refractivity contribution in [3.63, 3.8) is 0 Å². The monoisotopic (exact) mass is 443 g/mol. The standard InChI is InChI=1S/C24H33N3O3S/c1-5-13-27(14-6-2)23-11-10-21-16-20(8-9-22(21)17-23)19(3)24(18-25)31(28,29)26-12-7-15-30-4/h8-11,16-17,26H,5-7,12-15H2,1-4H3/b24-19+. The van der Waals surface area contributed by atoms with Gasteiger partial charge in [-0.3, -0.25) is 0 Å². The van der Waals surface area contributed by atoms with Crippen molar-refractivity contribution in [3.05, 3.63) is 46.9 Å². The van der Waals surface area contributed by atoms with Gasteiger partial charge in [0.25, 0.3) is 10.0 Å². The molecule has 0 atom stereocenters. The van der Waals surface area contributed by atoms with E-state index in [1.807, 2.05) is 24.3 Å². The molecule has 0 fully saturated rings. The van der Waals surface area contributed by atoms with Crippen molar-refractivity contribution in [2.75, 3.05) is 38.3 Å². The van der Waals surface area contributed by atoms with E-state index in [-0.39, 0.29) is 11.4 Å². The minimum Gasteiger partial charge on any atom is -0.385 e. The van der Waals surface area contributed by atoms with Gasteiger partial charge in [-0.05, 0) is 66.3 Å². The number of nitrogens with zero attached hydrogens (tertiary/aromatic N) is 2. The molecule has 0 spiro atoms. The first-order chi connectivity index (χ1) is 14.9. The SMILES string of the molecule is CCCN(CCC)c1ccc2cc(/C(C)=C(\C#N)S(=O)(=O)NCCCOC)ccc2c1. The summed E-state index contributed by atoms with van der Waals surface area (Å²) >= 11 is 0. The van der Waals surface area contributed by atoms with Gasteiger partial charge in [0.15, 0.2) is 4.91 Å². The van der Waals surface area contributed by atoms with Gasteiger partial charge in [0, 0.05) is 39.0 Å². The largest absolute Gasteiger partial charge is 0.385 e. The molecule has 0 heterocycles. The lowest BCUT2D eigenvalue weighted by Crippen LogP contribution is -2.27. The molecule has 2 aromatic rings. The molecule has 0 saturated carbocycles. The van der Waals surface area contributed by atoms with Crippen molar-refractivity contribution in [2.45, 2.75) is 40.0 Å². The molecule has 7 heteroatoms. The molecular weight excluding hydrogens is 410 g/mol. The number of nitrogens with one attached hydrogen (secondary N) is 1. The molecule has 0 bridgehead atoms. The summed E-state index contributed by atoms with van der Waals surface area (Å²) in [5, 5.41) is 11.6. The van der Waals surface area contributed by atoms with E-state index in [0.29, 0.717) is 18.6 Å². The predicted octanol–water partition coefficient (Wildman–Crippen LogP) is 4.68. The van der Waals surface area contributed by atoms with Crippen molar-refractivity contribution in [1.29, 1.82) is 5.26 Å². The van der Waals surface area contributed by atoms with Crippen LogP contribution in [0.15, 0.2) is 41.3 Å². The number of allylic oxidation sites excluding steroid dienone is 2. The van der Waals surface area contributed by atoms with E-state index in [9.17, 15) is 13.7 Å². The van der Waals surface area contributed by atoms with Gasteiger partial charge < -0.3 is 9.64 Å². The molecule has 6 nitrogen and oxygen atoms in total. The van der Waals surface area contributed by atoms with Crippen LogP contribution in [0, 0.1) is 11.3 Å². The second-order valence-corrected chi connectivity index (χ2v) is 9.25. The van der Waals surface area contributed by atoms with Crippen LogP contribution in [-0.4, -0.2) is 41.8 Å². The fourth-order valence-electron chi connectivity index (χ4n) is 3.54. The number of anilines is 1. The van der Waals surface area contributed by atoms with E-state index in [0.717, 1.165) is 42.3 Å². The van der Waals surface area contributed by atoms with Crippen LogP contribution in [0.1, 0.15) is 45.6 Å². The zero-order valence-corrected chi connectivity index (χ0v) is 19.8. The van der Waals surface area contributed by atoms with Crippen molar-refractivity contribution in [3.8, 4) is 6.07 Å². The number of ether oxygens (including phenoxy) is 1. The highest BCUT2D eigenvalue weighted by Crippen LogP contribution is 2.28. The van der Waals surface area contributed by atoms with Gasteiger partial charge in [0.1, 0.15) is 6.07 Å². The van der Waals surface area contributed by atoms with Crippen LogP contribution in [0.2, 0.25) is 0 Å². The van der Waals surface area contributed by atoms with Gasteiger partial charge >= 0.3 is 0 Å². The van der Waals surface area contributed by atoms with E-state index in [1.54, 1.807) is 14.0 Å². The van der Waals surface area contributed by atoms with Crippen LogP contribution in [0.25, 0.3) is 16.3 Å². The highest BCUT2D eigenvalue weighted by molar-refractivity contribution is 7.93. The Labute approximate surface area is 186 Å². The average Bonchev–Trinajstić information content (AvgIpc) is 2.76. The minimum absolute atomic E-state index is 0.223. The van der Waals surface area contributed by atoms with Gasteiger partial charge in [-0.25, -0.2) is 13.1 Å². The first kappa shape index (κ1) is 24.9. The Morgan fingerprint density at radius 2 is 1.74 bits per heavy atom. The average molecular weight is 444 g/mol. The van der Waals surface area contributed by atoms with E-state index < -0.39 is 10.0 Å². The maximum absolute atomic E-state index is 12.6. The maximum Gasteiger partial charge on any atom is 0.250 e. The third kappa shape index (κ3) is 6.54. The maximum atomic E-state index is 12.6. The zero-order valence-electron chi connectivity index (χ0n) is 18.9. The smallest absolute Gasteiger partial charge is 0.250 e. The molecule has 2 rings (SSSR count). The normalized spacial score (nSPS) is 12.5. The highest BCUT2D eigenvalue weighted by atomic mass is 32.2. The number of nitriles is 1. The fraction of sp³-hybridized carbons (Fsp3) is 0.458. The third-order valence-electron chi connectivity index (χ3n) is 5.14. The molecule has 0 saturated heterocycles. The Hall–Kier alpha value is -2.40. The van der Waals surface area contributed by atoms with Crippen molar-refractivity contribution in [2.24, 2.45) is 0 Å². The lowest BCUT2D eigenvalue weighted by molar-refractivity contribution is 0.196. The summed E-state index contributed by atoms with van der Waals surface area (Å²) < 4.78 is 32.6. The van der Waals surface area contributed by atoms with Crippen LogP contribution in [-0.2, 0) is 14.8 Å². The molecule has 31 heavy (non-hydrogen) atoms. The molecule has 0 aromatic heterocycles. The molecule has 0 unspecified atom stereocenters. The number of methoxy groups -OCH3 is 1. The van der Waals surface area contributed by atoms with Gasteiger partial charge in [-0.2, -0.15) is 5.26 Å². The van der Waals surface area contributed by atoms with E-state index in [1.165, 1.54) is 5.69 Å². The summed E-state index contributed by atoms with van der Waals surface area (Å²) in [6.07, 6.45) is 2.72. The van der Waals surface area contributed by atoms with Crippen LogP contribution < -0.4 is 9.62 Å². The highest BCUT2D eigenvalue weighted by Gasteiger charge is 2.20. The van der Waals surface area contributed by atoms with Crippen LogP contribution >= 0.6 is 0 Å². The minimum atomic E-state index is -3.88. The van der Waals surface area contributed by atoms with Gasteiger partial charge in [0.2, 0.25) is 0 Å². The summed E-state index contributed by atoms with van der Waals surface area (Å²) in [6, 6.07) is 14.0. The van der Waals surface area contributed by atoms with E-state index >= 15 is 0 Å². The van der Waals surface area contributed by atoms with Gasteiger partial charge in [-0.15, -0.1) is 0 Å². The van der Waals surface area contributed by atoms with Crippen LogP contribution in [0.4, 0.5) is 5.69 Å². The third-order valence-corrected chi connectivity index (χ3v) is 6.66. The van der Waals surface area contributed by atoms with Crippen molar-refractivity contribution >= 4 is 32.1 Å². The number of fused-ring (bicyclic) bond motifs is 1. The summed E-state index contributed by atoms with van der Waals surface area (Å²) in [4.78, 5) is 2.13. The number of hydrogen-bond acceptors (Lipinski definition) is 5. The Kier molecular flexibility index (Phi) is 9.50. The van der Waals surface area contributed by atoms with E-state index in [4.69, 9.17) is 4.74 Å². The Morgan fingerprint density at radius 1 is 1.10 bits per heavy atom. The van der Waals surface area contributed by atoms with E-state index in [2.05, 4.69) is 41.7 Å². The molecule has 0 aliphatic rings. The molecular formula is C24H33N3O3S. The lowest BCUT2D eigenvalue weighted by Gasteiger charge is -2.24. The van der Waals surface area contributed by atoms with Crippen molar-refractivity contribution < 1.29 is 13.2 Å². The number of hydrogen-bond donors (Lipinski definition) is 1. The summed E-state index contributed by atoms with van der Waals surface area (Å²) in [5.41, 5.74) is 2.35. The Morgan fingerprint density at radius 3 is 2.35 bits per heavy atom. The summed E-state index contributed by atoms with van der Waals surface area (Å²) in [5.74, 6) is 0. The zero-order chi connectivity index (χ0) is 22.9. The first-order valence-electron chi connectivity index (χ1n) is 10.8. The van der Waals surface area contributed by atoms with Crippen LogP contribution in [0.5, 0.6) is 0 Å². The Balaban J connectivity index is 2.36. The molecule has 0 amide bonds. The summed E-state index contributed by atoms with van der Waals surface area (Å²) in [7, 11) is -2.32.